The smallest absolute Gasteiger partial charge is 0.308 e. The fourth-order valence-electron chi connectivity index (χ4n) is 2.30. The number of nitrogens with zero attached hydrogens (tertiary/aromatic N) is 3. The average Bonchev–Trinajstić information content (AvgIpc) is 2.39. The molecular formula is C13H17N3O4. The number of hydrogen-bond donors (Lipinski definition) is 1. The Balaban J connectivity index is 2.25. The van der Waals surface area contributed by atoms with E-state index in [1.165, 1.54) is 6.07 Å². The Bertz CT molecular complexity index is 524. The van der Waals surface area contributed by atoms with Gasteiger partial charge in [-0.2, -0.15) is 0 Å². The molecule has 0 spiro atoms. The minimum atomic E-state index is -1.07. The molecule has 1 aromatic carbocycles. The second-order valence-corrected chi connectivity index (χ2v) is 4.93. The predicted octanol–water partition coefficient (Wildman–Crippen LogP) is 0.974. The number of carboxylic acid groups (broad SMARTS) is 1. The van der Waals surface area contributed by atoms with Crippen LogP contribution in [0.1, 0.15) is 5.56 Å². The topological polar surface area (TPSA) is 86.9 Å². The summed E-state index contributed by atoms with van der Waals surface area (Å²) in [6.45, 7) is 3.44. The molecule has 108 valence electrons. The van der Waals surface area contributed by atoms with E-state index in [0.29, 0.717) is 0 Å². The molecule has 1 aliphatic heterocycles. The Kier molecular flexibility index (Phi) is 4.19. The van der Waals surface area contributed by atoms with Crippen LogP contribution >= 0.6 is 0 Å². The zero-order chi connectivity index (χ0) is 14.7. The van der Waals surface area contributed by atoms with Gasteiger partial charge < -0.3 is 14.9 Å². The lowest BCUT2D eigenvalue weighted by molar-refractivity contribution is -0.385. The van der Waals surface area contributed by atoms with E-state index < -0.39 is 10.9 Å². The first-order chi connectivity index (χ1) is 9.47. The molecular weight excluding hydrogens is 262 g/mol. The number of nitro benzene ring substituents is 1. The second kappa shape index (κ2) is 5.87. The van der Waals surface area contributed by atoms with Crippen molar-refractivity contribution < 1.29 is 14.8 Å². The molecule has 0 saturated carbocycles. The number of likely N-dealkylation sites (N-methyl/N-ethyl adjacent to an activating group) is 1. The van der Waals surface area contributed by atoms with Crippen molar-refractivity contribution in [3.05, 3.63) is 33.9 Å². The van der Waals surface area contributed by atoms with E-state index in [1.807, 2.05) is 7.05 Å². The molecule has 7 heteroatoms. The first kappa shape index (κ1) is 14.3. The summed E-state index contributed by atoms with van der Waals surface area (Å²) >= 11 is 0. The van der Waals surface area contributed by atoms with Gasteiger partial charge in [-0.25, -0.2) is 0 Å². The monoisotopic (exact) mass is 279 g/mol. The molecule has 7 nitrogen and oxygen atoms in total. The third-order valence-corrected chi connectivity index (χ3v) is 3.48. The van der Waals surface area contributed by atoms with Crippen molar-refractivity contribution >= 4 is 17.3 Å². The zero-order valence-corrected chi connectivity index (χ0v) is 11.3. The van der Waals surface area contributed by atoms with E-state index in [2.05, 4.69) is 9.80 Å². The molecule has 1 heterocycles. The molecule has 1 aromatic rings. The van der Waals surface area contributed by atoms with Crippen molar-refractivity contribution in [2.45, 2.75) is 6.42 Å². The minimum absolute atomic E-state index is 0.121. The summed E-state index contributed by atoms with van der Waals surface area (Å²) in [5.41, 5.74) is 0.892. The molecule has 1 N–H and O–H groups in total. The number of carbonyl (C=O) groups is 1. The number of rotatable bonds is 4. The highest BCUT2D eigenvalue weighted by molar-refractivity contribution is 5.73. The van der Waals surface area contributed by atoms with Gasteiger partial charge >= 0.3 is 5.97 Å². The Hall–Kier alpha value is -2.15. The molecule has 0 bridgehead atoms. The molecule has 0 aliphatic carbocycles. The molecule has 20 heavy (non-hydrogen) atoms. The highest BCUT2D eigenvalue weighted by atomic mass is 16.6. The van der Waals surface area contributed by atoms with Gasteiger partial charge in [-0.3, -0.25) is 14.9 Å². The standard InChI is InChI=1S/C13H17N3O4/c1-14-4-6-15(7-5-14)11-3-2-10(8-13(17)18)12(9-11)16(19)20/h2-3,9H,4-8H2,1H3,(H,17,18). The molecule has 1 saturated heterocycles. The maximum atomic E-state index is 11.1. The van der Waals surface area contributed by atoms with Crippen molar-refractivity contribution in [1.82, 2.24) is 4.90 Å². The number of hydrogen-bond acceptors (Lipinski definition) is 5. The van der Waals surface area contributed by atoms with Crippen LogP contribution in [0.4, 0.5) is 11.4 Å². The molecule has 2 rings (SSSR count). The molecule has 0 aromatic heterocycles. The number of nitro groups is 1. The van der Waals surface area contributed by atoms with Crippen LogP contribution in [0, 0.1) is 10.1 Å². The number of anilines is 1. The molecule has 1 aliphatic rings. The van der Waals surface area contributed by atoms with Gasteiger partial charge in [0, 0.05) is 43.5 Å². The largest absolute Gasteiger partial charge is 0.481 e. The van der Waals surface area contributed by atoms with Gasteiger partial charge in [-0.15, -0.1) is 0 Å². The lowest BCUT2D eigenvalue weighted by atomic mass is 10.1. The van der Waals surface area contributed by atoms with Crippen molar-refractivity contribution in [1.29, 1.82) is 0 Å². The summed E-state index contributed by atoms with van der Waals surface area (Å²) in [6.07, 6.45) is -0.334. The van der Waals surface area contributed by atoms with E-state index in [9.17, 15) is 14.9 Å². The third-order valence-electron chi connectivity index (χ3n) is 3.48. The van der Waals surface area contributed by atoms with Gasteiger partial charge in [0.15, 0.2) is 0 Å². The molecule has 1 fully saturated rings. The van der Waals surface area contributed by atoms with Crippen LogP contribution in [0.3, 0.4) is 0 Å². The molecule has 0 unspecified atom stereocenters. The summed E-state index contributed by atoms with van der Waals surface area (Å²) in [4.78, 5) is 25.6. The summed E-state index contributed by atoms with van der Waals surface area (Å²) in [5, 5.41) is 19.9. The summed E-state index contributed by atoms with van der Waals surface area (Å²) in [5.74, 6) is -1.07. The third kappa shape index (κ3) is 3.24. The summed E-state index contributed by atoms with van der Waals surface area (Å²) in [6, 6.07) is 4.78. The fraction of sp³-hybridized carbons (Fsp3) is 0.462. The van der Waals surface area contributed by atoms with Crippen LogP contribution in [0.5, 0.6) is 0 Å². The van der Waals surface area contributed by atoms with Gasteiger partial charge in [-0.05, 0) is 19.2 Å². The maximum absolute atomic E-state index is 11.1. The Labute approximate surface area is 116 Å². The number of aliphatic carboxylic acids is 1. The van der Waals surface area contributed by atoms with Crippen molar-refractivity contribution in [3.8, 4) is 0 Å². The lowest BCUT2D eigenvalue weighted by Gasteiger charge is -2.34. The quantitative estimate of drug-likeness (QED) is 0.653. The number of benzene rings is 1. The molecule has 0 radical (unpaired) electrons. The molecule has 0 amide bonds. The Morgan fingerprint density at radius 2 is 2.00 bits per heavy atom. The van der Waals surface area contributed by atoms with E-state index >= 15 is 0 Å². The van der Waals surface area contributed by atoms with Crippen molar-refractivity contribution in [3.63, 3.8) is 0 Å². The Morgan fingerprint density at radius 1 is 1.35 bits per heavy atom. The first-order valence-electron chi connectivity index (χ1n) is 6.40. The molecule has 0 atom stereocenters. The highest BCUT2D eigenvalue weighted by Crippen LogP contribution is 2.26. The highest BCUT2D eigenvalue weighted by Gasteiger charge is 2.20. The van der Waals surface area contributed by atoms with Gasteiger partial charge in [0.25, 0.3) is 5.69 Å². The summed E-state index contributed by atoms with van der Waals surface area (Å²) in [7, 11) is 2.04. The SMILES string of the molecule is CN1CCN(c2ccc(CC(=O)O)c([N+](=O)[O-])c2)CC1. The Morgan fingerprint density at radius 3 is 2.55 bits per heavy atom. The minimum Gasteiger partial charge on any atom is -0.481 e. The second-order valence-electron chi connectivity index (χ2n) is 4.93. The summed E-state index contributed by atoms with van der Waals surface area (Å²) < 4.78 is 0. The van der Waals surface area contributed by atoms with Crippen LogP contribution in [0.25, 0.3) is 0 Å². The van der Waals surface area contributed by atoms with Crippen LogP contribution in [0.2, 0.25) is 0 Å². The predicted molar refractivity (Wildman–Crippen MR) is 74.1 cm³/mol. The van der Waals surface area contributed by atoms with Crippen molar-refractivity contribution in [2.24, 2.45) is 0 Å². The van der Waals surface area contributed by atoms with Gasteiger partial charge in [0.1, 0.15) is 0 Å². The van der Waals surface area contributed by atoms with E-state index in [4.69, 9.17) is 5.11 Å². The van der Waals surface area contributed by atoms with Crippen LogP contribution < -0.4 is 4.90 Å². The first-order valence-corrected chi connectivity index (χ1v) is 6.40. The van der Waals surface area contributed by atoms with Gasteiger partial charge in [-0.1, -0.05) is 0 Å². The van der Waals surface area contributed by atoms with Gasteiger partial charge in [0.2, 0.25) is 0 Å². The maximum Gasteiger partial charge on any atom is 0.308 e. The number of piperazine rings is 1. The normalized spacial score (nSPS) is 16.1. The zero-order valence-electron chi connectivity index (χ0n) is 11.3. The van der Waals surface area contributed by atoms with E-state index in [0.717, 1.165) is 31.9 Å². The average molecular weight is 279 g/mol. The lowest BCUT2D eigenvalue weighted by Crippen LogP contribution is -2.44. The van der Waals surface area contributed by atoms with E-state index in [-0.39, 0.29) is 17.7 Å². The number of carboxylic acids is 1. The van der Waals surface area contributed by atoms with Crippen molar-refractivity contribution in [2.75, 3.05) is 38.1 Å². The van der Waals surface area contributed by atoms with Crippen LogP contribution in [-0.4, -0.2) is 54.1 Å². The van der Waals surface area contributed by atoms with Gasteiger partial charge in [0.05, 0.1) is 11.3 Å². The fourth-order valence-corrected chi connectivity index (χ4v) is 2.30. The van der Waals surface area contributed by atoms with E-state index in [1.54, 1.807) is 12.1 Å². The van der Waals surface area contributed by atoms with Crippen LogP contribution in [0.15, 0.2) is 18.2 Å². The van der Waals surface area contributed by atoms with Crippen LogP contribution in [-0.2, 0) is 11.2 Å².